The summed E-state index contributed by atoms with van der Waals surface area (Å²) in [6.07, 6.45) is 0. The van der Waals surface area contributed by atoms with Gasteiger partial charge >= 0.3 is 0 Å². The molecule has 3 aromatic rings. The van der Waals surface area contributed by atoms with Crippen LogP contribution in [-0.2, 0) is 4.79 Å². The number of imide groups is 1. The van der Waals surface area contributed by atoms with Crippen LogP contribution in [0.1, 0.15) is 9.67 Å². The minimum absolute atomic E-state index is 0.0473. The molecule has 1 aromatic carbocycles. The average Bonchev–Trinajstić information content (AvgIpc) is 3.25. The minimum atomic E-state index is -0.411. The van der Waals surface area contributed by atoms with Crippen molar-refractivity contribution in [2.45, 2.75) is 4.34 Å². The van der Waals surface area contributed by atoms with Crippen molar-refractivity contribution in [2.75, 3.05) is 11.1 Å². The van der Waals surface area contributed by atoms with Crippen LogP contribution in [0.3, 0.4) is 0 Å². The number of aromatic nitrogens is 2. The molecule has 0 atom stereocenters. The highest BCUT2D eigenvalue weighted by molar-refractivity contribution is 8.01. The summed E-state index contributed by atoms with van der Waals surface area (Å²) in [7, 11) is 0. The molecule has 0 aliphatic carbocycles. The summed E-state index contributed by atoms with van der Waals surface area (Å²) < 4.78 is 13.7. The van der Waals surface area contributed by atoms with E-state index >= 15 is 0 Å². The molecule has 6 nitrogen and oxygen atoms in total. The Morgan fingerprint density at radius 3 is 2.84 bits per heavy atom. The van der Waals surface area contributed by atoms with E-state index in [0.717, 1.165) is 0 Å². The van der Waals surface area contributed by atoms with E-state index in [9.17, 15) is 14.0 Å². The van der Waals surface area contributed by atoms with E-state index in [2.05, 4.69) is 20.8 Å². The number of thioether (sulfide) groups is 1. The van der Waals surface area contributed by atoms with Crippen molar-refractivity contribution in [3.05, 3.63) is 52.5 Å². The Morgan fingerprint density at radius 2 is 2.08 bits per heavy atom. The fourth-order valence-electron chi connectivity index (χ4n) is 1.77. The maximum Gasteiger partial charge on any atom is 0.267 e. The van der Waals surface area contributed by atoms with E-state index in [-0.39, 0.29) is 11.6 Å². The number of amides is 2. The number of thiophene rings is 1. The number of benzene rings is 1. The molecule has 0 radical (unpaired) electrons. The summed E-state index contributed by atoms with van der Waals surface area (Å²) in [6.45, 7) is 0. The van der Waals surface area contributed by atoms with Crippen molar-refractivity contribution in [3.63, 3.8) is 0 Å². The molecule has 10 heteroatoms. The first kappa shape index (κ1) is 17.5. The number of anilines is 2. The third-order valence-electron chi connectivity index (χ3n) is 2.81. The third kappa shape index (κ3) is 5.08. The second-order valence-corrected chi connectivity index (χ2v) is 7.80. The van der Waals surface area contributed by atoms with Gasteiger partial charge in [0.25, 0.3) is 5.91 Å². The number of nitrogens with one attached hydrogen (secondary N) is 2. The summed E-state index contributed by atoms with van der Waals surface area (Å²) in [5, 5.41) is 15.4. The van der Waals surface area contributed by atoms with E-state index in [1.54, 1.807) is 29.6 Å². The number of carbonyl (C=O) groups is 2. The number of hydrogen-bond donors (Lipinski definition) is 2. The second-order valence-electron chi connectivity index (χ2n) is 4.65. The van der Waals surface area contributed by atoms with E-state index in [4.69, 9.17) is 0 Å². The molecule has 0 saturated heterocycles. The molecule has 0 fully saturated rings. The Bertz CT molecular complexity index is 883. The van der Waals surface area contributed by atoms with Gasteiger partial charge in [0.15, 0.2) is 4.34 Å². The van der Waals surface area contributed by atoms with E-state index < -0.39 is 11.8 Å². The lowest BCUT2D eigenvalue weighted by molar-refractivity contribution is -0.117. The lowest BCUT2D eigenvalue weighted by Gasteiger charge is -2.01. The molecule has 0 aliphatic rings. The lowest BCUT2D eigenvalue weighted by Crippen LogP contribution is -2.31. The highest BCUT2D eigenvalue weighted by Crippen LogP contribution is 2.27. The maximum atomic E-state index is 13.1. The van der Waals surface area contributed by atoms with Crippen molar-refractivity contribution in [1.82, 2.24) is 15.5 Å². The maximum absolute atomic E-state index is 13.1. The zero-order valence-electron chi connectivity index (χ0n) is 12.6. The molecular formula is C15H11FN4O2S3. The van der Waals surface area contributed by atoms with Gasteiger partial charge in [-0.2, -0.15) is 0 Å². The van der Waals surface area contributed by atoms with E-state index in [1.807, 2.05) is 0 Å². The number of rotatable bonds is 6. The summed E-state index contributed by atoms with van der Waals surface area (Å²) >= 11 is 3.68. The van der Waals surface area contributed by atoms with Crippen LogP contribution in [0.15, 0.2) is 46.1 Å². The first-order valence-electron chi connectivity index (χ1n) is 6.97. The predicted octanol–water partition coefficient (Wildman–Crippen LogP) is 3.53. The number of carbonyl (C=O) groups excluding carboxylic acids is 2. The normalized spacial score (nSPS) is 10.4. The van der Waals surface area contributed by atoms with Crippen LogP contribution < -0.4 is 10.6 Å². The van der Waals surface area contributed by atoms with Gasteiger partial charge in [-0.3, -0.25) is 14.9 Å². The molecule has 2 heterocycles. The predicted molar refractivity (Wildman–Crippen MR) is 97.1 cm³/mol. The highest BCUT2D eigenvalue weighted by atomic mass is 32.2. The standard InChI is InChI=1S/C15H11FN4O2S3/c16-9-3-1-4-10(7-9)17-14-19-20-15(25-14)24-8-12(21)18-13(22)11-5-2-6-23-11/h1-7H,8H2,(H,17,19)(H,18,21,22). The Kier molecular flexibility index (Phi) is 5.74. The quantitative estimate of drug-likeness (QED) is 0.622. The van der Waals surface area contributed by atoms with E-state index in [1.165, 1.54) is 46.6 Å². The van der Waals surface area contributed by atoms with Crippen LogP contribution in [0.5, 0.6) is 0 Å². The molecule has 3 rings (SSSR count). The second kappa shape index (κ2) is 8.19. The van der Waals surface area contributed by atoms with Gasteiger partial charge in [-0.05, 0) is 29.6 Å². The summed E-state index contributed by atoms with van der Waals surface area (Å²) in [6, 6.07) is 9.38. The first-order valence-corrected chi connectivity index (χ1v) is 9.65. The highest BCUT2D eigenvalue weighted by Gasteiger charge is 2.13. The monoisotopic (exact) mass is 394 g/mol. The Balaban J connectivity index is 1.50. The number of halogens is 1. The van der Waals surface area contributed by atoms with Crippen LogP contribution >= 0.6 is 34.4 Å². The molecule has 0 spiro atoms. The zero-order valence-corrected chi connectivity index (χ0v) is 15.0. The molecule has 25 heavy (non-hydrogen) atoms. The van der Waals surface area contributed by atoms with Gasteiger partial charge in [0.1, 0.15) is 5.82 Å². The van der Waals surface area contributed by atoms with Gasteiger partial charge in [0.2, 0.25) is 11.0 Å². The van der Waals surface area contributed by atoms with Gasteiger partial charge in [-0.15, -0.1) is 21.5 Å². The first-order chi connectivity index (χ1) is 12.1. The van der Waals surface area contributed by atoms with Gasteiger partial charge in [-0.1, -0.05) is 35.2 Å². The summed E-state index contributed by atoms with van der Waals surface area (Å²) in [4.78, 5) is 24.1. The number of nitrogens with zero attached hydrogens (tertiary/aromatic N) is 2. The molecule has 0 bridgehead atoms. The van der Waals surface area contributed by atoms with Crippen LogP contribution in [0.25, 0.3) is 0 Å². The lowest BCUT2D eigenvalue weighted by atomic mass is 10.3. The smallest absolute Gasteiger partial charge is 0.267 e. The summed E-state index contributed by atoms with van der Waals surface area (Å²) in [5.41, 5.74) is 0.562. The fourth-order valence-corrected chi connectivity index (χ4v) is 3.96. The molecule has 2 amide bonds. The fraction of sp³-hybridized carbons (Fsp3) is 0.0667. The van der Waals surface area contributed by atoms with Gasteiger partial charge in [-0.25, -0.2) is 4.39 Å². The van der Waals surface area contributed by atoms with Crippen molar-refractivity contribution in [3.8, 4) is 0 Å². The molecule has 0 unspecified atom stereocenters. The van der Waals surface area contributed by atoms with Crippen molar-refractivity contribution in [1.29, 1.82) is 0 Å². The molecule has 2 N–H and O–H groups in total. The molecule has 0 saturated carbocycles. The molecule has 128 valence electrons. The minimum Gasteiger partial charge on any atom is -0.330 e. The molecular weight excluding hydrogens is 383 g/mol. The molecule has 0 aliphatic heterocycles. The van der Waals surface area contributed by atoms with Crippen molar-refractivity contribution < 1.29 is 14.0 Å². The van der Waals surface area contributed by atoms with Crippen LogP contribution in [-0.4, -0.2) is 27.8 Å². The van der Waals surface area contributed by atoms with Crippen LogP contribution in [0.2, 0.25) is 0 Å². The van der Waals surface area contributed by atoms with Crippen LogP contribution in [0, 0.1) is 5.82 Å². The average molecular weight is 394 g/mol. The van der Waals surface area contributed by atoms with E-state index in [0.29, 0.717) is 20.0 Å². The van der Waals surface area contributed by atoms with Crippen molar-refractivity contribution >= 4 is 57.1 Å². The zero-order chi connectivity index (χ0) is 17.6. The Morgan fingerprint density at radius 1 is 1.20 bits per heavy atom. The third-order valence-corrected chi connectivity index (χ3v) is 5.65. The largest absolute Gasteiger partial charge is 0.330 e. The van der Waals surface area contributed by atoms with Gasteiger partial charge in [0, 0.05) is 5.69 Å². The topological polar surface area (TPSA) is 84.0 Å². The van der Waals surface area contributed by atoms with Crippen molar-refractivity contribution in [2.24, 2.45) is 0 Å². The SMILES string of the molecule is O=C(CSc1nnc(Nc2cccc(F)c2)s1)NC(=O)c1cccs1. The Labute approximate surface area is 154 Å². The van der Waals surface area contributed by atoms with Gasteiger partial charge in [0.05, 0.1) is 10.6 Å². The molecule has 2 aromatic heterocycles. The summed E-state index contributed by atoms with van der Waals surface area (Å²) in [5.74, 6) is -1.12. The Hall–Kier alpha value is -2.30. The van der Waals surface area contributed by atoms with Gasteiger partial charge < -0.3 is 5.32 Å². The van der Waals surface area contributed by atoms with Crippen LogP contribution in [0.4, 0.5) is 15.2 Å². The number of hydrogen-bond acceptors (Lipinski definition) is 8.